The van der Waals surface area contributed by atoms with Crippen molar-refractivity contribution in [2.75, 3.05) is 0 Å². The Hall–Kier alpha value is -2.09. The van der Waals surface area contributed by atoms with Crippen molar-refractivity contribution in [2.45, 2.75) is 6.92 Å². The standard InChI is InChI=1S/C14H12O2/c1-11(15)16-14-9-5-8-13(10-14)12-6-3-2-4-7-12/h2-10H,1H3. The molecular weight excluding hydrogens is 200 g/mol. The second kappa shape index (κ2) is 4.62. The molecule has 16 heavy (non-hydrogen) atoms. The van der Waals surface area contributed by atoms with Crippen molar-refractivity contribution in [3.63, 3.8) is 0 Å². The number of hydrogen-bond acceptors (Lipinski definition) is 2. The van der Waals surface area contributed by atoms with E-state index in [9.17, 15) is 4.79 Å². The Balaban J connectivity index is 2.33. The Morgan fingerprint density at radius 1 is 0.938 bits per heavy atom. The van der Waals surface area contributed by atoms with Crippen LogP contribution < -0.4 is 4.74 Å². The molecule has 0 radical (unpaired) electrons. The number of hydrogen-bond donors (Lipinski definition) is 0. The van der Waals surface area contributed by atoms with Gasteiger partial charge in [-0.15, -0.1) is 0 Å². The van der Waals surface area contributed by atoms with E-state index in [1.54, 1.807) is 6.07 Å². The molecule has 2 rings (SSSR count). The summed E-state index contributed by atoms with van der Waals surface area (Å²) in [5.74, 6) is 0.277. The monoisotopic (exact) mass is 212 g/mol. The molecule has 2 heteroatoms. The number of carbonyl (C=O) groups excluding carboxylic acids is 1. The summed E-state index contributed by atoms with van der Waals surface area (Å²) in [6.07, 6.45) is 0. The van der Waals surface area contributed by atoms with Crippen LogP contribution in [0, 0.1) is 0 Å². The van der Waals surface area contributed by atoms with Gasteiger partial charge in [-0.3, -0.25) is 4.79 Å². The maximum Gasteiger partial charge on any atom is 0.308 e. The first-order valence-corrected chi connectivity index (χ1v) is 5.09. The van der Waals surface area contributed by atoms with Gasteiger partial charge >= 0.3 is 5.97 Å². The molecule has 0 aromatic heterocycles. The first kappa shape index (κ1) is 10.4. The van der Waals surface area contributed by atoms with Crippen molar-refractivity contribution in [2.24, 2.45) is 0 Å². The van der Waals surface area contributed by atoms with Crippen molar-refractivity contribution < 1.29 is 9.53 Å². The molecule has 0 heterocycles. The Kier molecular flexibility index (Phi) is 3.01. The van der Waals surface area contributed by atoms with Crippen molar-refractivity contribution >= 4 is 5.97 Å². The minimum Gasteiger partial charge on any atom is -0.427 e. The molecule has 0 atom stereocenters. The van der Waals surface area contributed by atoms with Gasteiger partial charge in [0.15, 0.2) is 0 Å². The fourth-order valence-electron chi connectivity index (χ4n) is 1.54. The number of benzene rings is 2. The highest BCUT2D eigenvalue weighted by Crippen LogP contribution is 2.23. The number of esters is 1. The Labute approximate surface area is 94.5 Å². The predicted molar refractivity (Wildman–Crippen MR) is 63.2 cm³/mol. The summed E-state index contributed by atoms with van der Waals surface area (Å²) in [6.45, 7) is 1.40. The molecule has 0 saturated carbocycles. The van der Waals surface area contributed by atoms with Crippen LogP contribution in [-0.4, -0.2) is 5.97 Å². The maximum absolute atomic E-state index is 10.8. The second-order valence-electron chi connectivity index (χ2n) is 3.49. The van der Waals surface area contributed by atoms with Crippen LogP contribution in [0.4, 0.5) is 0 Å². The van der Waals surface area contributed by atoms with Crippen LogP contribution in [0.3, 0.4) is 0 Å². The molecule has 2 nitrogen and oxygen atoms in total. The lowest BCUT2D eigenvalue weighted by Crippen LogP contribution is -2.00. The average molecular weight is 212 g/mol. The minimum absolute atomic E-state index is 0.301. The second-order valence-corrected chi connectivity index (χ2v) is 3.49. The van der Waals surface area contributed by atoms with Crippen LogP contribution >= 0.6 is 0 Å². The normalized spacial score (nSPS) is 9.81. The third kappa shape index (κ3) is 2.48. The van der Waals surface area contributed by atoms with E-state index >= 15 is 0 Å². The van der Waals surface area contributed by atoms with Gasteiger partial charge in [0.2, 0.25) is 0 Å². The average Bonchev–Trinajstić information content (AvgIpc) is 2.30. The van der Waals surface area contributed by atoms with Crippen LogP contribution in [0.25, 0.3) is 11.1 Å². The molecule has 0 bridgehead atoms. The van der Waals surface area contributed by atoms with Gasteiger partial charge in [0.05, 0.1) is 0 Å². The first-order valence-electron chi connectivity index (χ1n) is 5.09. The summed E-state index contributed by atoms with van der Waals surface area (Å²) in [4.78, 5) is 10.8. The molecule has 0 amide bonds. The molecular formula is C14H12O2. The summed E-state index contributed by atoms with van der Waals surface area (Å²) < 4.78 is 5.04. The summed E-state index contributed by atoms with van der Waals surface area (Å²) in [7, 11) is 0. The molecule has 2 aromatic carbocycles. The molecule has 0 spiro atoms. The third-order valence-corrected chi connectivity index (χ3v) is 2.20. The van der Waals surface area contributed by atoms with Gasteiger partial charge < -0.3 is 4.74 Å². The Morgan fingerprint density at radius 3 is 2.31 bits per heavy atom. The molecule has 0 unspecified atom stereocenters. The summed E-state index contributed by atoms with van der Waals surface area (Å²) in [6, 6.07) is 17.5. The van der Waals surface area contributed by atoms with Crippen LogP contribution in [0.2, 0.25) is 0 Å². The van der Waals surface area contributed by atoms with E-state index < -0.39 is 0 Å². The molecule has 0 N–H and O–H groups in total. The highest BCUT2D eigenvalue weighted by molar-refractivity contribution is 5.71. The zero-order chi connectivity index (χ0) is 11.4. The van der Waals surface area contributed by atoms with E-state index in [1.807, 2.05) is 48.5 Å². The summed E-state index contributed by atoms with van der Waals surface area (Å²) in [5.41, 5.74) is 2.15. The van der Waals surface area contributed by atoms with E-state index in [2.05, 4.69) is 0 Å². The molecule has 0 aliphatic rings. The third-order valence-electron chi connectivity index (χ3n) is 2.20. The van der Waals surface area contributed by atoms with E-state index in [1.165, 1.54) is 6.92 Å². The smallest absolute Gasteiger partial charge is 0.308 e. The molecule has 0 saturated heterocycles. The van der Waals surface area contributed by atoms with Gasteiger partial charge in [0.25, 0.3) is 0 Å². The summed E-state index contributed by atoms with van der Waals surface area (Å²) in [5, 5.41) is 0. The molecule has 80 valence electrons. The van der Waals surface area contributed by atoms with E-state index in [0.29, 0.717) is 5.75 Å². The van der Waals surface area contributed by atoms with Crippen molar-refractivity contribution in [3.05, 3.63) is 54.6 Å². The topological polar surface area (TPSA) is 26.3 Å². The van der Waals surface area contributed by atoms with Crippen LogP contribution in [0.15, 0.2) is 54.6 Å². The van der Waals surface area contributed by atoms with Crippen LogP contribution in [0.5, 0.6) is 5.75 Å². The van der Waals surface area contributed by atoms with Crippen LogP contribution in [-0.2, 0) is 4.79 Å². The predicted octanol–water partition coefficient (Wildman–Crippen LogP) is 3.28. The zero-order valence-corrected chi connectivity index (χ0v) is 9.01. The van der Waals surface area contributed by atoms with Gasteiger partial charge in [-0.1, -0.05) is 42.5 Å². The lowest BCUT2D eigenvalue weighted by atomic mass is 10.1. The largest absolute Gasteiger partial charge is 0.427 e. The SMILES string of the molecule is CC(=O)Oc1cccc(-c2ccccc2)c1. The van der Waals surface area contributed by atoms with Gasteiger partial charge in [-0.2, -0.15) is 0 Å². The minimum atomic E-state index is -0.301. The van der Waals surface area contributed by atoms with E-state index in [0.717, 1.165) is 11.1 Å². The lowest BCUT2D eigenvalue weighted by Gasteiger charge is -2.04. The highest BCUT2D eigenvalue weighted by Gasteiger charge is 2.01. The van der Waals surface area contributed by atoms with Gasteiger partial charge in [-0.05, 0) is 23.3 Å². The summed E-state index contributed by atoms with van der Waals surface area (Å²) >= 11 is 0. The van der Waals surface area contributed by atoms with Crippen molar-refractivity contribution in [1.29, 1.82) is 0 Å². The lowest BCUT2D eigenvalue weighted by molar-refractivity contribution is -0.131. The molecule has 0 fully saturated rings. The zero-order valence-electron chi connectivity index (χ0n) is 9.01. The first-order chi connectivity index (χ1) is 7.75. The van der Waals surface area contributed by atoms with E-state index in [-0.39, 0.29) is 5.97 Å². The number of rotatable bonds is 2. The highest BCUT2D eigenvalue weighted by atomic mass is 16.5. The fourth-order valence-corrected chi connectivity index (χ4v) is 1.54. The van der Waals surface area contributed by atoms with Crippen molar-refractivity contribution in [1.82, 2.24) is 0 Å². The number of carbonyl (C=O) groups is 1. The van der Waals surface area contributed by atoms with Gasteiger partial charge in [0, 0.05) is 6.92 Å². The van der Waals surface area contributed by atoms with E-state index in [4.69, 9.17) is 4.74 Å². The molecule has 0 aliphatic heterocycles. The van der Waals surface area contributed by atoms with Gasteiger partial charge in [0.1, 0.15) is 5.75 Å². The fraction of sp³-hybridized carbons (Fsp3) is 0.0714. The molecule has 2 aromatic rings. The Bertz CT molecular complexity index is 489. The molecule has 0 aliphatic carbocycles. The quantitative estimate of drug-likeness (QED) is 0.564. The maximum atomic E-state index is 10.8. The van der Waals surface area contributed by atoms with Gasteiger partial charge in [-0.25, -0.2) is 0 Å². The van der Waals surface area contributed by atoms with Crippen LogP contribution in [0.1, 0.15) is 6.92 Å². The van der Waals surface area contributed by atoms with Crippen molar-refractivity contribution in [3.8, 4) is 16.9 Å². The number of ether oxygens (including phenoxy) is 1. The Morgan fingerprint density at radius 2 is 1.62 bits per heavy atom.